The first-order valence-electron chi connectivity index (χ1n) is 6.41. The van der Waals surface area contributed by atoms with E-state index >= 15 is 0 Å². The van der Waals surface area contributed by atoms with E-state index in [1.165, 1.54) is 7.11 Å². The number of halogens is 2. The largest absolute Gasteiger partial charge is 0.467 e. The van der Waals surface area contributed by atoms with E-state index in [2.05, 4.69) is 43.8 Å². The van der Waals surface area contributed by atoms with Crippen LogP contribution in [0, 0.1) is 3.57 Å². The molecular formula is C16H13BrINO3. The Morgan fingerprint density at radius 1 is 1.18 bits per heavy atom. The van der Waals surface area contributed by atoms with E-state index in [9.17, 15) is 9.59 Å². The predicted molar refractivity (Wildman–Crippen MR) is 95.5 cm³/mol. The summed E-state index contributed by atoms with van der Waals surface area (Å²) >= 11 is 5.43. The Hall–Kier alpha value is -1.41. The second kappa shape index (κ2) is 7.73. The molecule has 0 radical (unpaired) electrons. The van der Waals surface area contributed by atoms with Crippen LogP contribution in [0.2, 0.25) is 0 Å². The van der Waals surface area contributed by atoms with Crippen molar-refractivity contribution in [3.8, 4) is 0 Å². The van der Waals surface area contributed by atoms with E-state index < -0.39 is 12.0 Å². The van der Waals surface area contributed by atoms with Gasteiger partial charge in [0.25, 0.3) is 5.91 Å². The van der Waals surface area contributed by atoms with E-state index in [1.54, 1.807) is 30.3 Å². The lowest BCUT2D eigenvalue weighted by molar-refractivity contribution is -0.143. The molecule has 0 spiro atoms. The zero-order valence-electron chi connectivity index (χ0n) is 11.7. The van der Waals surface area contributed by atoms with Crippen LogP contribution in [0.25, 0.3) is 0 Å². The molecule has 0 heterocycles. The lowest BCUT2D eigenvalue weighted by atomic mass is 10.1. The second-order valence-electron chi connectivity index (χ2n) is 4.46. The molecule has 0 aliphatic rings. The standard InChI is InChI=1S/C16H13BrINO3/c1-22-16(21)14(10-5-3-2-4-6-10)19-15(20)12-9-11(17)7-8-13(12)18/h2-9,14H,1H3,(H,19,20). The molecule has 2 aromatic carbocycles. The van der Waals surface area contributed by atoms with Gasteiger partial charge in [0, 0.05) is 8.04 Å². The zero-order chi connectivity index (χ0) is 16.1. The van der Waals surface area contributed by atoms with Crippen molar-refractivity contribution in [1.29, 1.82) is 0 Å². The Balaban J connectivity index is 2.29. The van der Waals surface area contributed by atoms with Crippen LogP contribution in [-0.4, -0.2) is 19.0 Å². The average molecular weight is 474 g/mol. The Morgan fingerprint density at radius 2 is 1.86 bits per heavy atom. The van der Waals surface area contributed by atoms with E-state index in [0.717, 1.165) is 8.04 Å². The molecule has 1 unspecified atom stereocenters. The normalized spacial score (nSPS) is 11.6. The number of nitrogens with one attached hydrogen (secondary N) is 1. The zero-order valence-corrected chi connectivity index (χ0v) is 15.4. The molecule has 114 valence electrons. The van der Waals surface area contributed by atoms with E-state index in [0.29, 0.717) is 11.1 Å². The molecule has 1 atom stereocenters. The van der Waals surface area contributed by atoms with E-state index in [-0.39, 0.29) is 5.91 Å². The quantitative estimate of drug-likeness (QED) is 0.544. The van der Waals surface area contributed by atoms with Crippen molar-refractivity contribution in [2.75, 3.05) is 7.11 Å². The summed E-state index contributed by atoms with van der Waals surface area (Å²) in [5.41, 5.74) is 1.17. The fourth-order valence-electron chi connectivity index (χ4n) is 1.92. The first-order chi connectivity index (χ1) is 10.5. The maximum atomic E-state index is 12.5. The summed E-state index contributed by atoms with van der Waals surface area (Å²) in [4.78, 5) is 24.5. The fraction of sp³-hybridized carbons (Fsp3) is 0.125. The van der Waals surface area contributed by atoms with Gasteiger partial charge in [-0.25, -0.2) is 4.79 Å². The number of hydrogen-bond acceptors (Lipinski definition) is 3. The second-order valence-corrected chi connectivity index (χ2v) is 6.54. The third-order valence-electron chi connectivity index (χ3n) is 3.02. The highest BCUT2D eigenvalue weighted by Gasteiger charge is 2.24. The maximum absolute atomic E-state index is 12.5. The van der Waals surface area contributed by atoms with Gasteiger partial charge < -0.3 is 10.1 Å². The number of carbonyl (C=O) groups excluding carboxylic acids is 2. The van der Waals surface area contributed by atoms with Crippen LogP contribution in [-0.2, 0) is 9.53 Å². The number of carbonyl (C=O) groups is 2. The summed E-state index contributed by atoms with van der Waals surface area (Å²) in [6.45, 7) is 0. The molecule has 0 fully saturated rings. The molecule has 4 nitrogen and oxygen atoms in total. The molecule has 0 aliphatic carbocycles. The van der Waals surface area contributed by atoms with Crippen molar-refractivity contribution in [1.82, 2.24) is 5.32 Å². The summed E-state index contributed by atoms with van der Waals surface area (Å²) < 4.78 is 6.39. The summed E-state index contributed by atoms with van der Waals surface area (Å²) in [6, 6.07) is 13.6. The minimum atomic E-state index is -0.839. The third-order valence-corrected chi connectivity index (χ3v) is 4.45. The summed E-state index contributed by atoms with van der Waals surface area (Å²) in [6.07, 6.45) is 0. The van der Waals surface area contributed by atoms with Gasteiger partial charge in [-0.2, -0.15) is 0 Å². The van der Waals surface area contributed by atoms with Crippen LogP contribution in [0.4, 0.5) is 0 Å². The van der Waals surface area contributed by atoms with Gasteiger partial charge in [0.1, 0.15) is 0 Å². The van der Waals surface area contributed by atoms with E-state index in [1.807, 2.05) is 18.2 Å². The molecule has 0 aromatic heterocycles. The third kappa shape index (κ3) is 4.07. The molecule has 1 amide bonds. The summed E-state index contributed by atoms with van der Waals surface area (Å²) in [7, 11) is 1.30. The van der Waals surface area contributed by atoms with Crippen molar-refractivity contribution in [2.24, 2.45) is 0 Å². The minimum absolute atomic E-state index is 0.329. The molecule has 2 aromatic rings. The van der Waals surface area contributed by atoms with Crippen LogP contribution in [0.3, 0.4) is 0 Å². The molecule has 6 heteroatoms. The van der Waals surface area contributed by atoms with Crippen LogP contribution in [0.1, 0.15) is 22.0 Å². The number of ether oxygens (including phenoxy) is 1. The highest BCUT2D eigenvalue weighted by Crippen LogP contribution is 2.20. The molecule has 1 N–H and O–H groups in total. The number of rotatable bonds is 4. The van der Waals surface area contributed by atoms with Gasteiger partial charge in [0.05, 0.1) is 12.7 Å². The smallest absolute Gasteiger partial charge is 0.333 e. The van der Waals surface area contributed by atoms with Gasteiger partial charge in [-0.1, -0.05) is 46.3 Å². The molecule has 0 bridgehead atoms. The Morgan fingerprint density at radius 3 is 2.50 bits per heavy atom. The Labute approximate surface area is 150 Å². The van der Waals surface area contributed by atoms with Gasteiger partial charge in [0.2, 0.25) is 0 Å². The number of esters is 1. The van der Waals surface area contributed by atoms with Crippen molar-refractivity contribution in [3.63, 3.8) is 0 Å². The topological polar surface area (TPSA) is 55.4 Å². The van der Waals surface area contributed by atoms with Gasteiger partial charge in [-0.15, -0.1) is 0 Å². The molecule has 2 rings (SSSR count). The SMILES string of the molecule is COC(=O)C(NC(=O)c1cc(Br)ccc1I)c1ccccc1. The molecular weight excluding hydrogens is 461 g/mol. The lowest BCUT2D eigenvalue weighted by Crippen LogP contribution is -2.34. The van der Waals surface area contributed by atoms with Crippen LogP contribution < -0.4 is 5.32 Å². The summed E-state index contributed by atoms with van der Waals surface area (Å²) in [5, 5.41) is 2.73. The molecule has 0 saturated carbocycles. The van der Waals surface area contributed by atoms with Gasteiger partial charge in [-0.05, 0) is 46.4 Å². The first kappa shape index (κ1) is 17.0. The number of methoxy groups -OCH3 is 1. The predicted octanol–water partition coefficient (Wildman–Crippen LogP) is 3.70. The van der Waals surface area contributed by atoms with Gasteiger partial charge in [-0.3, -0.25) is 4.79 Å². The van der Waals surface area contributed by atoms with Crippen molar-refractivity contribution < 1.29 is 14.3 Å². The lowest BCUT2D eigenvalue weighted by Gasteiger charge is -2.17. The average Bonchev–Trinajstić information content (AvgIpc) is 2.54. The molecule has 0 aliphatic heterocycles. The number of hydrogen-bond donors (Lipinski definition) is 1. The Kier molecular flexibility index (Phi) is 5.96. The van der Waals surface area contributed by atoms with Crippen molar-refractivity contribution in [2.45, 2.75) is 6.04 Å². The van der Waals surface area contributed by atoms with Crippen molar-refractivity contribution >= 4 is 50.4 Å². The minimum Gasteiger partial charge on any atom is -0.467 e. The van der Waals surface area contributed by atoms with E-state index in [4.69, 9.17) is 4.74 Å². The molecule has 0 saturated heterocycles. The fourth-order valence-corrected chi connectivity index (χ4v) is 2.86. The number of benzene rings is 2. The maximum Gasteiger partial charge on any atom is 0.333 e. The highest BCUT2D eigenvalue weighted by atomic mass is 127. The Bertz CT molecular complexity index is 691. The van der Waals surface area contributed by atoms with Crippen molar-refractivity contribution in [3.05, 3.63) is 67.7 Å². The first-order valence-corrected chi connectivity index (χ1v) is 8.29. The molecule has 22 heavy (non-hydrogen) atoms. The van der Waals surface area contributed by atoms with Crippen LogP contribution >= 0.6 is 38.5 Å². The van der Waals surface area contributed by atoms with Crippen LogP contribution in [0.15, 0.2) is 53.0 Å². The summed E-state index contributed by atoms with van der Waals surface area (Å²) in [5.74, 6) is -0.838. The highest BCUT2D eigenvalue weighted by molar-refractivity contribution is 14.1. The monoisotopic (exact) mass is 473 g/mol. The van der Waals surface area contributed by atoms with Crippen LogP contribution in [0.5, 0.6) is 0 Å². The van der Waals surface area contributed by atoms with Gasteiger partial charge >= 0.3 is 5.97 Å². The number of amides is 1. The van der Waals surface area contributed by atoms with Gasteiger partial charge in [0.15, 0.2) is 6.04 Å².